The molecule has 0 saturated carbocycles. The van der Waals surface area contributed by atoms with Crippen LogP contribution in [0.1, 0.15) is 11.1 Å². The number of carboxylic acids is 1. The van der Waals surface area contributed by atoms with Gasteiger partial charge in [-0.05, 0) is 36.3 Å². The Hall–Kier alpha value is -2.83. The predicted octanol–water partition coefficient (Wildman–Crippen LogP) is 0.260. The van der Waals surface area contributed by atoms with Gasteiger partial charge in [-0.15, -0.1) is 0 Å². The minimum Gasteiger partial charge on any atom is -0.478 e. The number of aromatic amines is 2. The van der Waals surface area contributed by atoms with E-state index < -0.39 is 17.3 Å². The standard InChI is InChI=1S/C12H11N3O4/c1-7-2-4-9(6-8(7)3-5-10(16)17)15-11(18)13-14-12(15)19/h2-6H,1H3,(H,13,18)(H,14,19)(H,16,17)/b5-3+. The van der Waals surface area contributed by atoms with E-state index in [4.69, 9.17) is 5.11 Å². The number of aromatic nitrogens is 3. The third-order valence-corrected chi connectivity index (χ3v) is 2.61. The van der Waals surface area contributed by atoms with E-state index in [0.29, 0.717) is 11.3 Å². The molecular formula is C12H11N3O4. The first kappa shape index (κ1) is 12.6. The highest BCUT2D eigenvalue weighted by Gasteiger charge is 2.07. The quantitative estimate of drug-likeness (QED) is 0.688. The number of carboxylic acid groups (broad SMARTS) is 1. The number of rotatable bonds is 3. The normalized spacial score (nSPS) is 11.0. The summed E-state index contributed by atoms with van der Waals surface area (Å²) in [5.41, 5.74) is 0.654. The van der Waals surface area contributed by atoms with Gasteiger partial charge in [-0.25, -0.2) is 29.1 Å². The SMILES string of the molecule is Cc1ccc(-n2c(=O)[nH][nH]c2=O)cc1/C=C/C(=O)O. The van der Waals surface area contributed by atoms with Crippen molar-refractivity contribution in [2.45, 2.75) is 6.92 Å². The summed E-state index contributed by atoms with van der Waals surface area (Å²) in [6.07, 6.45) is 2.41. The van der Waals surface area contributed by atoms with E-state index in [2.05, 4.69) is 10.2 Å². The molecule has 3 N–H and O–H groups in total. The highest BCUT2D eigenvalue weighted by molar-refractivity contribution is 5.85. The van der Waals surface area contributed by atoms with E-state index in [1.165, 1.54) is 6.08 Å². The van der Waals surface area contributed by atoms with Gasteiger partial charge in [0.25, 0.3) is 0 Å². The lowest BCUT2D eigenvalue weighted by Crippen LogP contribution is -2.24. The molecule has 2 rings (SSSR count). The molecule has 1 heterocycles. The van der Waals surface area contributed by atoms with E-state index in [-0.39, 0.29) is 0 Å². The van der Waals surface area contributed by atoms with Crippen molar-refractivity contribution in [2.75, 3.05) is 0 Å². The molecule has 1 aromatic heterocycles. The van der Waals surface area contributed by atoms with Crippen molar-refractivity contribution < 1.29 is 9.90 Å². The summed E-state index contributed by atoms with van der Waals surface area (Å²) in [6, 6.07) is 4.88. The largest absolute Gasteiger partial charge is 0.478 e. The molecule has 0 spiro atoms. The molecule has 0 amide bonds. The van der Waals surface area contributed by atoms with Gasteiger partial charge in [0.2, 0.25) is 0 Å². The Bertz CT molecular complexity index is 736. The number of aliphatic carboxylic acids is 1. The van der Waals surface area contributed by atoms with Gasteiger partial charge in [-0.3, -0.25) is 0 Å². The summed E-state index contributed by atoms with van der Waals surface area (Å²) >= 11 is 0. The Kier molecular flexibility index (Phi) is 3.19. The summed E-state index contributed by atoms with van der Waals surface area (Å²) in [5, 5.41) is 13.0. The number of aryl methyl sites for hydroxylation is 1. The van der Waals surface area contributed by atoms with Gasteiger partial charge in [-0.1, -0.05) is 6.07 Å². The van der Waals surface area contributed by atoms with Gasteiger partial charge in [0.1, 0.15) is 0 Å². The molecule has 0 aliphatic rings. The molecule has 7 nitrogen and oxygen atoms in total. The Morgan fingerprint density at radius 1 is 1.26 bits per heavy atom. The van der Waals surface area contributed by atoms with Crippen LogP contribution in [0.15, 0.2) is 33.9 Å². The number of hydrogen-bond acceptors (Lipinski definition) is 3. The molecule has 7 heteroatoms. The van der Waals surface area contributed by atoms with Crippen molar-refractivity contribution in [3.05, 3.63) is 56.4 Å². The van der Waals surface area contributed by atoms with Crippen LogP contribution in [0.3, 0.4) is 0 Å². The van der Waals surface area contributed by atoms with Crippen LogP contribution in [-0.4, -0.2) is 25.8 Å². The van der Waals surface area contributed by atoms with Crippen LogP contribution in [0, 0.1) is 6.92 Å². The van der Waals surface area contributed by atoms with E-state index in [1.54, 1.807) is 25.1 Å². The average Bonchev–Trinajstić information content (AvgIpc) is 2.68. The van der Waals surface area contributed by atoms with Gasteiger partial charge in [-0.2, -0.15) is 0 Å². The van der Waals surface area contributed by atoms with Crippen LogP contribution < -0.4 is 11.4 Å². The zero-order valence-corrected chi connectivity index (χ0v) is 10.0. The maximum atomic E-state index is 11.5. The number of nitrogens with zero attached hydrogens (tertiary/aromatic N) is 1. The molecule has 0 aliphatic heterocycles. The first-order valence-electron chi connectivity index (χ1n) is 5.41. The van der Waals surface area contributed by atoms with Crippen molar-refractivity contribution in [3.63, 3.8) is 0 Å². The van der Waals surface area contributed by atoms with Crippen molar-refractivity contribution in [3.8, 4) is 5.69 Å². The van der Waals surface area contributed by atoms with Crippen LogP contribution in [0.25, 0.3) is 11.8 Å². The summed E-state index contributed by atoms with van der Waals surface area (Å²) < 4.78 is 0.928. The summed E-state index contributed by atoms with van der Waals surface area (Å²) in [6.45, 7) is 1.80. The van der Waals surface area contributed by atoms with Crippen LogP contribution in [-0.2, 0) is 4.79 Å². The van der Waals surface area contributed by atoms with Gasteiger partial charge >= 0.3 is 17.3 Å². The van der Waals surface area contributed by atoms with Gasteiger partial charge < -0.3 is 5.11 Å². The lowest BCUT2D eigenvalue weighted by atomic mass is 10.1. The third kappa shape index (κ3) is 2.54. The molecule has 19 heavy (non-hydrogen) atoms. The summed E-state index contributed by atoms with van der Waals surface area (Å²) in [4.78, 5) is 33.4. The first-order chi connectivity index (χ1) is 8.99. The Morgan fingerprint density at radius 3 is 2.47 bits per heavy atom. The molecule has 0 atom stereocenters. The molecule has 0 radical (unpaired) electrons. The molecule has 0 fully saturated rings. The van der Waals surface area contributed by atoms with Gasteiger partial charge in [0, 0.05) is 6.08 Å². The highest BCUT2D eigenvalue weighted by Crippen LogP contribution is 2.14. The van der Waals surface area contributed by atoms with Crippen molar-refractivity contribution in [2.24, 2.45) is 0 Å². The minimum absolute atomic E-state index is 0.364. The topological polar surface area (TPSA) is 108 Å². The fourth-order valence-electron chi connectivity index (χ4n) is 1.65. The van der Waals surface area contributed by atoms with E-state index in [0.717, 1.165) is 16.2 Å². The highest BCUT2D eigenvalue weighted by atomic mass is 16.4. The molecule has 0 bridgehead atoms. The second-order valence-corrected chi connectivity index (χ2v) is 3.91. The van der Waals surface area contributed by atoms with E-state index >= 15 is 0 Å². The minimum atomic E-state index is -1.07. The third-order valence-electron chi connectivity index (χ3n) is 2.61. The maximum Gasteiger partial charge on any atom is 0.348 e. The zero-order valence-electron chi connectivity index (χ0n) is 10.0. The number of benzene rings is 1. The van der Waals surface area contributed by atoms with Crippen LogP contribution >= 0.6 is 0 Å². The Morgan fingerprint density at radius 2 is 1.89 bits per heavy atom. The second kappa shape index (κ2) is 4.81. The molecular weight excluding hydrogens is 250 g/mol. The van der Waals surface area contributed by atoms with E-state index in [9.17, 15) is 14.4 Å². The molecule has 0 unspecified atom stereocenters. The molecule has 1 aromatic carbocycles. The number of hydrogen-bond donors (Lipinski definition) is 3. The smallest absolute Gasteiger partial charge is 0.348 e. The molecule has 98 valence electrons. The van der Waals surface area contributed by atoms with E-state index in [1.807, 2.05) is 0 Å². The number of H-pyrrole nitrogens is 2. The predicted molar refractivity (Wildman–Crippen MR) is 68.4 cm³/mol. The van der Waals surface area contributed by atoms with Gasteiger partial charge in [0.05, 0.1) is 5.69 Å². The fraction of sp³-hybridized carbons (Fsp3) is 0.0833. The summed E-state index contributed by atoms with van der Waals surface area (Å²) in [5.74, 6) is -1.07. The zero-order chi connectivity index (χ0) is 14.0. The fourth-order valence-corrected chi connectivity index (χ4v) is 1.65. The second-order valence-electron chi connectivity index (χ2n) is 3.91. The van der Waals surface area contributed by atoms with Crippen molar-refractivity contribution in [1.82, 2.24) is 14.8 Å². The lowest BCUT2D eigenvalue weighted by Gasteiger charge is -2.04. The number of nitrogens with one attached hydrogen (secondary N) is 2. The monoisotopic (exact) mass is 261 g/mol. The van der Waals surface area contributed by atoms with Crippen molar-refractivity contribution >= 4 is 12.0 Å². The van der Waals surface area contributed by atoms with Crippen LogP contribution in [0.4, 0.5) is 0 Å². The maximum absolute atomic E-state index is 11.5. The molecule has 0 aliphatic carbocycles. The molecule has 0 saturated heterocycles. The average molecular weight is 261 g/mol. The Balaban J connectivity index is 2.56. The van der Waals surface area contributed by atoms with Crippen LogP contribution in [0.5, 0.6) is 0 Å². The summed E-state index contributed by atoms with van der Waals surface area (Å²) in [7, 11) is 0. The number of carbonyl (C=O) groups is 1. The molecule has 2 aromatic rings. The lowest BCUT2D eigenvalue weighted by molar-refractivity contribution is -0.131. The Labute approximate surface area is 106 Å². The van der Waals surface area contributed by atoms with Crippen molar-refractivity contribution in [1.29, 1.82) is 0 Å². The van der Waals surface area contributed by atoms with Crippen LogP contribution in [0.2, 0.25) is 0 Å². The van der Waals surface area contributed by atoms with Gasteiger partial charge in [0.15, 0.2) is 0 Å². The first-order valence-corrected chi connectivity index (χ1v) is 5.41.